The Morgan fingerprint density at radius 2 is 2.30 bits per heavy atom. The van der Waals surface area contributed by atoms with Crippen LogP contribution in [0.3, 0.4) is 0 Å². The number of nitrogens with zero attached hydrogens (tertiary/aromatic N) is 3. The molecule has 6 heteroatoms. The van der Waals surface area contributed by atoms with Gasteiger partial charge in [-0.2, -0.15) is 4.98 Å². The molecule has 0 N–H and O–H groups in total. The lowest BCUT2D eigenvalue weighted by molar-refractivity contribution is -0.150. The second-order valence-electron chi connectivity index (χ2n) is 5.65. The highest BCUT2D eigenvalue weighted by molar-refractivity contribution is 5.72. The van der Waals surface area contributed by atoms with Crippen molar-refractivity contribution in [1.29, 1.82) is 0 Å². The summed E-state index contributed by atoms with van der Waals surface area (Å²) in [7, 11) is 0. The van der Waals surface area contributed by atoms with E-state index in [0.717, 1.165) is 31.8 Å². The number of ether oxygens (including phenoxy) is 1. The van der Waals surface area contributed by atoms with Crippen LogP contribution in [-0.2, 0) is 16.1 Å². The van der Waals surface area contributed by atoms with Gasteiger partial charge in [-0.15, -0.1) is 0 Å². The van der Waals surface area contributed by atoms with Crippen molar-refractivity contribution < 1.29 is 14.1 Å². The molecule has 2 fully saturated rings. The summed E-state index contributed by atoms with van der Waals surface area (Å²) in [5, 5.41) is 4.02. The highest BCUT2D eigenvalue weighted by Gasteiger charge is 2.30. The molecule has 1 saturated carbocycles. The number of likely N-dealkylation sites (tertiary alicyclic amines) is 1. The van der Waals surface area contributed by atoms with Gasteiger partial charge in [0.25, 0.3) is 0 Å². The van der Waals surface area contributed by atoms with Gasteiger partial charge in [-0.05, 0) is 39.2 Å². The van der Waals surface area contributed by atoms with Gasteiger partial charge in [0.2, 0.25) is 5.89 Å². The number of carbonyl (C=O) groups excluding carboxylic acids is 1. The molecule has 6 nitrogen and oxygen atoms in total. The van der Waals surface area contributed by atoms with Crippen LogP contribution in [0.5, 0.6) is 0 Å². The molecule has 3 rings (SSSR count). The third-order valence-corrected chi connectivity index (χ3v) is 3.91. The fourth-order valence-electron chi connectivity index (χ4n) is 2.68. The molecular weight excluding hydrogens is 258 g/mol. The number of hydrogen-bond acceptors (Lipinski definition) is 6. The van der Waals surface area contributed by atoms with Crippen LogP contribution >= 0.6 is 0 Å². The maximum Gasteiger partial charge on any atom is 0.310 e. The minimum absolute atomic E-state index is 0.0190. The Hall–Kier alpha value is -1.43. The van der Waals surface area contributed by atoms with Crippen LogP contribution in [0.2, 0.25) is 0 Å². The van der Waals surface area contributed by atoms with Crippen LogP contribution in [0.25, 0.3) is 0 Å². The van der Waals surface area contributed by atoms with Crippen molar-refractivity contribution in [3.05, 3.63) is 11.7 Å². The molecule has 2 heterocycles. The average Bonchev–Trinajstić information content (AvgIpc) is 3.20. The highest BCUT2D eigenvalue weighted by atomic mass is 16.5. The largest absolute Gasteiger partial charge is 0.466 e. The summed E-state index contributed by atoms with van der Waals surface area (Å²) < 4.78 is 10.4. The second kappa shape index (κ2) is 5.91. The third-order valence-electron chi connectivity index (χ3n) is 3.91. The normalized spacial score (nSPS) is 23.8. The zero-order valence-electron chi connectivity index (χ0n) is 11.9. The van der Waals surface area contributed by atoms with Gasteiger partial charge in [-0.25, -0.2) is 0 Å². The SMILES string of the molecule is CCOC(=O)[C@H]1CCCN(Cc2nc(C3CC3)no2)C1. The maximum absolute atomic E-state index is 11.8. The van der Waals surface area contributed by atoms with Crippen molar-refractivity contribution in [1.82, 2.24) is 15.0 Å². The number of hydrogen-bond donors (Lipinski definition) is 0. The van der Waals surface area contributed by atoms with E-state index in [4.69, 9.17) is 9.26 Å². The maximum atomic E-state index is 11.8. The molecule has 110 valence electrons. The summed E-state index contributed by atoms with van der Waals surface area (Å²) in [4.78, 5) is 18.4. The van der Waals surface area contributed by atoms with Gasteiger partial charge in [0.1, 0.15) is 0 Å². The molecule has 1 aliphatic carbocycles. The Bertz CT molecular complexity index is 470. The van der Waals surface area contributed by atoms with E-state index in [1.54, 1.807) is 0 Å². The molecule has 1 aromatic heterocycles. The van der Waals surface area contributed by atoms with Crippen molar-refractivity contribution in [2.75, 3.05) is 19.7 Å². The minimum Gasteiger partial charge on any atom is -0.466 e. The van der Waals surface area contributed by atoms with Gasteiger partial charge in [-0.1, -0.05) is 5.16 Å². The van der Waals surface area contributed by atoms with Crippen LogP contribution in [0, 0.1) is 5.92 Å². The smallest absolute Gasteiger partial charge is 0.310 e. The Morgan fingerprint density at radius 1 is 1.45 bits per heavy atom. The van der Waals surface area contributed by atoms with Gasteiger partial charge in [-0.3, -0.25) is 9.69 Å². The summed E-state index contributed by atoms with van der Waals surface area (Å²) in [6, 6.07) is 0. The predicted molar refractivity (Wildman–Crippen MR) is 70.9 cm³/mol. The van der Waals surface area contributed by atoms with E-state index in [0.29, 0.717) is 25.0 Å². The molecule has 20 heavy (non-hydrogen) atoms. The fourth-order valence-corrected chi connectivity index (χ4v) is 2.68. The van der Waals surface area contributed by atoms with Crippen LogP contribution < -0.4 is 0 Å². The lowest BCUT2D eigenvalue weighted by atomic mass is 9.98. The minimum atomic E-state index is -0.0820. The van der Waals surface area contributed by atoms with Crippen LogP contribution in [0.4, 0.5) is 0 Å². The number of esters is 1. The first kappa shape index (κ1) is 13.5. The van der Waals surface area contributed by atoms with Crippen molar-refractivity contribution in [2.24, 2.45) is 5.92 Å². The van der Waals surface area contributed by atoms with E-state index in [9.17, 15) is 4.79 Å². The summed E-state index contributed by atoms with van der Waals surface area (Å²) in [5.41, 5.74) is 0. The van der Waals surface area contributed by atoms with Crippen molar-refractivity contribution in [3.8, 4) is 0 Å². The number of piperidine rings is 1. The van der Waals surface area contributed by atoms with Gasteiger partial charge in [0.05, 0.1) is 19.1 Å². The van der Waals surface area contributed by atoms with Crippen LogP contribution in [-0.4, -0.2) is 40.7 Å². The molecule has 0 bridgehead atoms. The molecule has 2 aliphatic rings. The van der Waals surface area contributed by atoms with Gasteiger partial charge in [0.15, 0.2) is 5.82 Å². The Balaban J connectivity index is 1.54. The molecule has 1 aliphatic heterocycles. The molecule has 0 unspecified atom stereocenters. The second-order valence-corrected chi connectivity index (χ2v) is 5.65. The average molecular weight is 279 g/mol. The monoisotopic (exact) mass is 279 g/mol. The van der Waals surface area contributed by atoms with Crippen molar-refractivity contribution in [2.45, 2.75) is 45.1 Å². The van der Waals surface area contributed by atoms with E-state index < -0.39 is 0 Å². The fraction of sp³-hybridized carbons (Fsp3) is 0.786. The van der Waals surface area contributed by atoms with Crippen LogP contribution in [0.1, 0.15) is 50.2 Å². The molecule has 0 aromatic carbocycles. The van der Waals surface area contributed by atoms with E-state index in [1.807, 2.05) is 6.92 Å². The predicted octanol–water partition coefficient (Wildman–Crippen LogP) is 1.72. The standard InChI is InChI=1S/C14H21N3O3/c1-2-19-14(18)11-4-3-7-17(8-11)9-12-15-13(16-20-12)10-5-6-10/h10-11H,2-9H2,1H3/t11-/m0/s1. The zero-order chi connectivity index (χ0) is 13.9. The van der Waals surface area contributed by atoms with E-state index in [2.05, 4.69) is 15.0 Å². The third kappa shape index (κ3) is 3.17. The van der Waals surface area contributed by atoms with Crippen molar-refractivity contribution >= 4 is 5.97 Å². The van der Waals surface area contributed by atoms with Gasteiger partial charge >= 0.3 is 5.97 Å². The molecule has 0 spiro atoms. The first-order chi connectivity index (χ1) is 9.76. The zero-order valence-corrected chi connectivity index (χ0v) is 11.9. The Kier molecular flexibility index (Phi) is 4.00. The first-order valence-electron chi connectivity index (χ1n) is 7.47. The molecule has 1 aromatic rings. The van der Waals surface area contributed by atoms with E-state index in [-0.39, 0.29) is 11.9 Å². The molecule has 0 amide bonds. The summed E-state index contributed by atoms with van der Waals surface area (Å²) in [5.74, 6) is 1.92. The molecule has 0 radical (unpaired) electrons. The highest BCUT2D eigenvalue weighted by Crippen LogP contribution is 2.38. The van der Waals surface area contributed by atoms with E-state index in [1.165, 1.54) is 12.8 Å². The topological polar surface area (TPSA) is 68.5 Å². The number of carbonyl (C=O) groups is 1. The number of rotatable bonds is 5. The van der Waals surface area contributed by atoms with Crippen molar-refractivity contribution in [3.63, 3.8) is 0 Å². The molecule has 1 saturated heterocycles. The molecular formula is C14H21N3O3. The summed E-state index contributed by atoms with van der Waals surface area (Å²) >= 11 is 0. The lowest BCUT2D eigenvalue weighted by Gasteiger charge is -2.30. The van der Waals surface area contributed by atoms with E-state index >= 15 is 0 Å². The summed E-state index contributed by atoms with van der Waals surface area (Å²) in [6.07, 6.45) is 4.26. The lowest BCUT2D eigenvalue weighted by Crippen LogP contribution is -2.39. The Morgan fingerprint density at radius 3 is 3.05 bits per heavy atom. The molecule has 1 atom stereocenters. The quantitative estimate of drug-likeness (QED) is 0.764. The van der Waals surface area contributed by atoms with Gasteiger partial charge < -0.3 is 9.26 Å². The first-order valence-corrected chi connectivity index (χ1v) is 7.47. The van der Waals surface area contributed by atoms with Crippen LogP contribution in [0.15, 0.2) is 4.52 Å². The van der Waals surface area contributed by atoms with Gasteiger partial charge in [0, 0.05) is 12.5 Å². The Labute approximate surface area is 118 Å². The number of aromatic nitrogens is 2. The summed E-state index contributed by atoms with van der Waals surface area (Å²) in [6.45, 7) is 4.62.